The Balaban J connectivity index is 1.40. The van der Waals surface area contributed by atoms with Crippen LogP contribution in [0.2, 0.25) is 0 Å². The molecule has 6 aliphatic rings. The second-order valence-corrected chi connectivity index (χ2v) is 16.0. The summed E-state index contributed by atoms with van der Waals surface area (Å²) in [6.07, 6.45) is 15.4. The molecular formula is C32H54O2. The molecule has 1 spiro atoms. The van der Waals surface area contributed by atoms with Crippen molar-refractivity contribution in [2.45, 2.75) is 137 Å². The van der Waals surface area contributed by atoms with Crippen molar-refractivity contribution in [2.24, 2.45) is 56.7 Å². The standard InChI is InChI=1S/C32H54O2/c1-21-22-13-17-30(7)25-12-11-24-27(4)16-10-15-26(2,3)23(27)14-18-28(24,5)29(25,6)19-20-32(22,30)34-31(21,8)33-9/h21-25H,10-20H2,1-9H3/t21-,22+,23-,24+,25-,27-,28+,29+,30+,31-,32-/m0/s1. The van der Waals surface area contributed by atoms with Crippen LogP contribution in [0.15, 0.2) is 0 Å². The molecule has 1 heterocycles. The van der Waals surface area contributed by atoms with E-state index >= 15 is 0 Å². The average Bonchev–Trinajstić information content (AvgIpc) is 3.17. The Kier molecular flexibility index (Phi) is 4.90. The molecule has 6 fully saturated rings. The van der Waals surface area contributed by atoms with E-state index < -0.39 is 5.79 Å². The van der Waals surface area contributed by atoms with Gasteiger partial charge in [-0.1, -0.05) is 54.9 Å². The monoisotopic (exact) mass is 470 g/mol. The van der Waals surface area contributed by atoms with E-state index in [2.05, 4.69) is 55.4 Å². The number of hydrogen-bond donors (Lipinski definition) is 0. The van der Waals surface area contributed by atoms with E-state index in [1.165, 1.54) is 70.6 Å². The predicted octanol–water partition coefficient (Wildman–Crippen LogP) is 8.63. The minimum absolute atomic E-state index is 0.0263. The zero-order valence-corrected chi connectivity index (χ0v) is 24.0. The second kappa shape index (κ2) is 6.86. The molecule has 5 aliphatic carbocycles. The molecule has 0 bridgehead atoms. The van der Waals surface area contributed by atoms with Crippen LogP contribution in [0, 0.1) is 56.7 Å². The molecular weight excluding hydrogens is 416 g/mol. The molecule has 0 radical (unpaired) electrons. The minimum atomic E-state index is -0.416. The maximum absolute atomic E-state index is 7.20. The highest BCUT2D eigenvalue weighted by Gasteiger charge is 2.77. The van der Waals surface area contributed by atoms with Crippen molar-refractivity contribution in [1.82, 2.24) is 0 Å². The topological polar surface area (TPSA) is 18.5 Å². The van der Waals surface area contributed by atoms with E-state index in [0.717, 1.165) is 17.8 Å². The molecule has 5 saturated carbocycles. The van der Waals surface area contributed by atoms with E-state index in [9.17, 15) is 0 Å². The summed E-state index contributed by atoms with van der Waals surface area (Å²) in [6.45, 7) is 20.8. The molecule has 2 heteroatoms. The summed E-state index contributed by atoms with van der Waals surface area (Å²) in [5, 5.41) is 0. The number of fused-ring (bicyclic) bond motifs is 6. The van der Waals surface area contributed by atoms with Gasteiger partial charge in [0.25, 0.3) is 0 Å². The third-order valence-electron chi connectivity index (χ3n) is 15.2. The maximum Gasteiger partial charge on any atom is 0.168 e. The first kappa shape index (κ1) is 24.3. The normalized spacial score (nSPS) is 62.2. The molecule has 11 atom stereocenters. The van der Waals surface area contributed by atoms with Crippen molar-refractivity contribution in [2.75, 3.05) is 7.11 Å². The van der Waals surface area contributed by atoms with Gasteiger partial charge in [-0.2, -0.15) is 0 Å². The lowest BCUT2D eigenvalue weighted by molar-refractivity contribution is -0.311. The molecule has 2 nitrogen and oxygen atoms in total. The molecule has 0 aromatic heterocycles. The van der Waals surface area contributed by atoms with Crippen LogP contribution in [-0.2, 0) is 9.47 Å². The molecule has 0 aromatic rings. The summed E-state index contributed by atoms with van der Waals surface area (Å²) in [5.41, 5.74) is 2.26. The van der Waals surface area contributed by atoms with E-state index in [1.807, 2.05) is 7.11 Å². The lowest BCUT2D eigenvalue weighted by atomic mass is 9.31. The first-order valence-corrected chi connectivity index (χ1v) is 15.0. The average molecular weight is 471 g/mol. The molecule has 1 aliphatic heterocycles. The van der Waals surface area contributed by atoms with E-state index in [1.54, 1.807) is 0 Å². The highest BCUT2D eigenvalue weighted by Crippen LogP contribution is 2.80. The van der Waals surface area contributed by atoms with Gasteiger partial charge in [-0.15, -0.1) is 0 Å². The number of ether oxygens (including phenoxy) is 2. The second-order valence-electron chi connectivity index (χ2n) is 16.0. The third-order valence-corrected chi connectivity index (χ3v) is 15.2. The van der Waals surface area contributed by atoms with Crippen molar-refractivity contribution in [3.8, 4) is 0 Å². The summed E-state index contributed by atoms with van der Waals surface area (Å²) in [7, 11) is 1.87. The third kappa shape index (κ3) is 2.48. The van der Waals surface area contributed by atoms with Crippen molar-refractivity contribution >= 4 is 0 Å². The van der Waals surface area contributed by atoms with Gasteiger partial charge in [-0.25, -0.2) is 0 Å². The van der Waals surface area contributed by atoms with Crippen LogP contribution < -0.4 is 0 Å². The van der Waals surface area contributed by atoms with Crippen LogP contribution in [0.25, 0.3) is 0 Å². The number of rotatable bonds is 1. The minimum Gasteiger partial charge on any atom is -0.353 e. The van der Waals surface area contributed by atoms with Gasteiger partial charge in [0.05, 0.1) is 5.60 Å². The fraction of sp³-hybridized carbons (Fsp3) is 1.00. The van der Waals surface area contributed by atoms with Crippen LogP contribution in [0.1, 0.15) is 126 Å². The summed E-state index contributed by atoms with van der Waals surface area (Å²) >= 11 is 0. The first-order valence-electron chi connectivity index (χ1n) is 15.0. The number of hydrogen-bond acceptors (Lipinski definition) is 2. The van der Waals surface area contributed by atoms with Gasteiger partial charge in [0.1, 0.15) is 0 Å². The van der Waals surface area contributed by atoms with Gasteiger partial charge in [0, 0.05) is 18.4 Å². The first-order chi connectivity index (χ1) is 15.7. The summed E-state index contributed by atoms with van der Waals surface area (Å²) < 4.78 is 13.3. The van der Waals surface area contributed by atoms with E-state index in [0.29, 0.717) is 33.5 Å². The quantitative estimate of drug-likeness (QED) is 0.382. The fourth-order valence-corrected chi connectivity index (χ4v) is 13.2. The molecule has 0 N–H and O–H groups in total. The molecule has 6 rings (SSSR count). The smallest absolute Gasteiger partial charge is 0.168 e. The summed E-state index contributed by atoms with van der Waals surface area (Å²) in [6, 6.07) is 0. The van der Waals surface area contributed by atoms with E-state index in [-0.39, 0.29) is 11.0 Å². The van der Waals surface area contributed by atoms with Crippen LogP contribution >= 0.6 is 0 Å². The number of methoxy groups -OCH3 is 1. The van der Waals surface area contributed by atoms with Crippen molar-refractivity contribution in [3.63, 3.8) is 0 Å². The Morgan fingerprint density at radius 1 is 0.647 bits per heavy atom. The molecule has 0 amide bonds. The van der Waals surface area contributed by atoms with Crippen molar-refractivity contribution < 1.29 is 9.47 Å². The molecule has 194 valence electrons. The lowest BCUT2D eigenvalue weighted by Gasteiger charge is -2.74. The van der Waals surface area contributed by atoms with Crippen LogP contribution in [0.5, 0.6) is 0 Å². The van der Waals surface area contributed by atoms with E-state index in [4.69, 9.17) is 9.47 Å². The summed E-state index contributed by atoms with van der Waals surface area (Å²) in [5.74, 6) is 3.31. The molecule has 0 aromatic carbocycles. The van der Waals surface area contributed by atoms with Gasteiger partial charge in [-0.05, 0) is 116 Å². The SMILES string of the molecule is CO[C@@]1(C)O[C@]23CC[C@]4(C)[C@H](CC[C@@H]5[C@@]6(C)CCCC(C)(C)[C@@H]6CC[C@]54C)[C@@]2(C)CC[C@@H]3[C@@H]1C. The highest BCUT2D eigenvalue weighted by molar-refractivity contribution is 5.25. The van der Waals surface area contributed by atoms with Gasteiger partial charge in [0.15, 0.2) is 5.79 Å². The fourth-order valence-electron chi connectivity index (χ4n) is 13.2. The molecule has 0 unspecified atom stereocenters. The van der Waals surface area contributed by atoms with Crippen LogP contribution in [-0.4, -0.2) is 18.5 Å². The Morgan fingerprint density at radius 2 is 1.29 bits per heavy atom. The molecule has 34 heavy (non-hydrogen) atoms. The van der Waals surface area contributed by atoms with Crippen molar-refractivity contribution in [3.05, 3.63) is 0 Å². The summed E-state index contributed by atoms with van der Waals surface area (Å²) in [4.78, 5) is 0. The largest absolute Gasteiger partial charge is 0.353 e. The maximum atomic E-state index is 7.20. The van der Waals surface area contributed by atoms with Gasteiger partial charge in [0.2, 0.25) is 0 Å². The van der Waals surface area contributed by atoms with Crippen LogP contribution in [0.4, 0.5) is 0 Å². The Morgan fingerprint density at radius 3 is 2.00 bits per heavy atom. The van der Waals surface area contributed by atoms with Gasteiger partial charge in [-0.3, -0.25) is 0 Å². The Hall–Kier alpha value is -0.0800. The van der Waals surface area contributed by atoms with Crippen molar-refractivity contribution in [1.29, 1.82) is 0 Å². The zero-order valence-electron chi connectivity index (χ0n) is 24.0. The highest BCUT2D eigenvalue weighted by atomic mass is 16.7. The van der Waals surface area contributed by atoms with Gasteiger partial charge < -0.3 is 9.47 Å². The Bertz CT molecular complexity index is 865. The van der Waals surface area contributed by atoms with Crippen LogP contribution in [0.3, 0.4) is 0 Å². The van der Waals surface area contributed by atoms with Gasteiger partial charge >= 0.3 is 0 Å². The zero-order chi connectivity index (χ0) is 24.6. The lowest BCUT2D eigenvalue weighted by Crippen LogP contribution is -2.68. The predicted molar refractivity (Wildman–Crippen MR) is 139 cm³/mol. The molecule has 1 saturated heterocycles. The Labute approximate surface area is 210 Å².